The minimum atomic E-state index is 0.153. The summed E-state index contributed by atoms with van der Waals surface area (Å²) in [5, 5.41) is 11.0. The fourth-order valence-corrected chi connectivity index (χ4v) is 2.96. The summed E-state index contributed by atoms with van der Waals surface area (Å²) in [5.74, 6) is 2.90. The van der Waals surface area contributed by atoms with Gasteiger partial charge in [-0.2, -0.15) is 5.10 Å². The highest BCUT2D eigenvalue weighted by Gasteiger charge is 2.06. The molecule has 0 saturated heterocycles. The molecular weight excluding hydrogens is 378 g/mol. The molecule has 0 saturated carbocycles. The average Bonchev–Trinajstić information content (AvgIpc) is 3.41. The van der Waals surface area contributed by atoms with E-state index in [0.29, 0.717) is 12.5 Å². The quantitative estimate of drug-likeness (QED) is 0.388. The average molecular weight is 410 g/mol. The van der Waals surface area contributed by atoms with Crippen molar-refractivity contribution >= 4 is 11.6 Å². The van der Waals surface area contributed by atoms with Crippen molar-refractivity contribution in [3.05, 3.63) is 66.9 Å². The normalized spacial score (nSPS) is 12.7. The predicted molar refractivity (Wildman–Crippen MR) is 120 cm³/mol. The first kappa shape index (κ1) is 21.5. The van der Waals surface area contributed by atoms with Crippen molar-refractivity contribution < 1.29 is 9.15 Å². The second-order valence-corrected chi connectivity index (χ2v) is 7.59. The minimum absolute atomic E-state index is 0.153. The fourth-order valence-electron chi connectivity index (χ4n) is 2.96. The van der Waals surface area contributed by atoms with Crippen LogP contribution in [-0.2, 0) is 13.0 Å². The van der Waals surface area contributed by atoms with Crippen LogP contribution in [0.25, 0.3) is 0 Å². The van der Waals surface area contributed by atoms with Gasteiger partial charge < -0.3 is 19.8 Å². The number of benzene rings is 1. The number of rotatable bonds is 10. The number of guanidine groups is 1. The third-order valence-corrected chi connectivity index (χ3v) is 4.35. The van der Waals surface area contributed by atoms with Gasteiger partial charge in [0.25, 0.3) is 0 Å². The highest BCUT2D eigenvalue weighted by Crippen LogP contribution is 2.17. The Morgan fingerprint density at radius 1 is 1.17 bits per heavy atom. The molecule has 3 aromatic rings. The van der Waals surface area contributed by atoms with Gasteiger partial charge in [-0.25, -0.2) is 0 Å². The molecule has 7 heteroatoms. The van der Waals surface area contributed by atoms with Gasteiger partial charge in [-0.15, -0.1) is 0 Å². The van der Waals surface area contributed by atoms with Crippen LogP contribution in [0.15, 0.2) is 70.5 Å². The van der Waals surface area contributed by atoms with Crippen molar-refractivity contribution in [2.45, 2.75) is 39.8 Å². The van der Waals surface area contributed by atoms with Crippen molar-refractivity contribution in [3.63, 3.8) is 0 Å². The van der Waals surface area contributed by atoms with Crippen molar-refractivity contribution in [2.75, 3.05) is 18.4 Å². The molecule has 160 valence electrons. The van der Waals surface area contributed by atoms with E-state index < -0.39 is 0 Å². The second-order valence-electron chi connectivity index (χ2n) is 7.59. The zero-order chi connectivity index (χ0) is 21.2. The van der Waals surface area contributed by atoms with Crippen molar-refractivity contribution in [1.29, 1.82) is 0 Å². The second kappa shape index (κ2) is 11.1. The Labute approximate surface area is 178 Å². The van der Waals surface area contributed by atoms with Crippen LogP contribution in [-0.4, -0.2) is 34.9 Å². The van der Waals surface area contributed by atoms with E-state index in [4.69, 9.17) is 14.1 Å². The topological polar surface area (TPSA) is 76.6 Å². The van der Waals surface area contributed by atoms with Crippen molar-refractivity contribution in [3.8, 4) is 5.75 Å². The summed E-state index contributed by atoms with van der Waals surface area (Å²) >= 11 is 0. The summed E-state index contributed by atoms with van der Waals surface area (Å²) in [7, 11) is 0. The third kappa shape index (κ3) is 7.31. The molecule has 30 heavy (non-hydrogen) atoms. The Morgan fingerprint density at radius 3 is 2.67 bits per heavy atom. The molecule has 0 bridgehead atoms. The van der Waals surface area contributed by atoms with Gasteiger partial charge in [0.2, 0.25) is 0 Å². The minimum Gasteiger partial charge on any atom is -0.491 e. The molecule has 0 aliphatic heterocycles. The maximum absolute atomic E-state index is 5.72. The Hall–Kier alpha value is -3.22. The molecule has 1 atom stereocenters. The SMILES string of the molecule is CC(CN=C(NCCc1ccco1)Nc1ccc(OC(C)C)cc1)Cn1cccn1. The molecule has 0 aliphatic carbocycles. The van der Waals surface area contributed by atoms with Gasteiger partial charge in [0, 0.05) is 44.1 Å². The van der Waals surface area contributed by atoms with Gasteiger partial charge in [0.05, 0.1) is 12.4 Å². The lowest BCUT2D eigenvalue weighted by atomic mass is 10.2. The first-order chi connectivity index (χ1) is 14.6. The summed E-state index contributed by atoms with van der Waals surface area (Å²) in [5.41, 5.74) is 0.954. The lowest BCUT2D eigenvalue weighted by Gasteiger charge is -2.15. The van der Waals surface area contributed by atoms with Crippen LogP contribution in [0.1, 0.15) is 26.5 Å². The van der Waals surface area contributed by atoms with Gasteiger partial charge in [-0.3, -0.25) is 9.67 Å². The maximum atomic E-state index is 5.72. The van der Waals surface area contributed by atoms with E-state index in [1.165, 1.54) is 0 Å². The van der Waals surface area contributed by atoms with E-state index >= 15 is 0 Å². The molecule has 3 rings (SSSR count). The lowest BCUT2D eigenvalue weighted by Crippen LogP contribution is -2.33. The summed E-state index contributed by atoms with van der Waals surface area (Å²) in [6, 6.07) is 13.7. The Morgan fingerprint density at radius 2 is 2.00 bits per heavy atom. The van der Waals surface area contributed by atoms with Gasteiger partial charge in [0.15, 0.2) is 5.96 Å². The van der Waals surface area contributed by atoms with Crippen LogP contribution >= 0.6 is 0 Å². The first-order valence-electron chi connectivity index (χ1n) is 10.4. The number of furan rings is 1. The zero-order valence-electron chi connectivity index (χ0n) is 17.9. The van der Waals surface area contributed by atoms with Crippen LogP contribution in [0, 0.1) is 5.92 Å². The van der Waals surface area contributed by atoms with E-state index in [1.54, 1.807) is 12.5 Å². The van der Waals surface area contributed by atoms with Crippen molar-refractivity contribution in [2.24, 2.45) is 10.9 Å². The number of anilines is 1. The largest absolute Gasteiger partial charge is 0.491 e. The lowest BCUT2D eigenvalue weighted by molar-refractivity contribution is 0.242. The van der Waals surface area contributed by atoms with Gasteiger partial charge >= 0.3 is 0 Å². The Bertz CT molecular complexity index is 871. The molecule has 2 heterocycles. The molecule has 0 aliphatic rings. The standard InChI is InChI=1S/C23H31N5O2/c1-18(2)30-22-9-7-20(8-10-22)27-23(24-13-11-21-6-4-15-29-21)25-16-19(3)17-28-14-5-12-26-28/h4-10,12,14-15,18-19H,11,13,16-17H2,1-3H3,(H2,24,25,27). The van der Waals surface area contributed by atoms with Gasteiger partial charge in [0.1, 0.15) is 11.5 Å². The summed E-state index contributed by atoms with van der Waals surface area (Å²) < 4.78 is 13.1. The van der Waals surface area contributed by atoms with E-state index in [2.05, 4.69) is 22.7 Å². The molecule has 0 spiro atoms. The number of aliphatic imine (C=N–C) groups is 1. The van der Waals surface area contributed by atoms with E-state index in [1.807, 2.05) is 67.2 Å². The molecule has 2 N–H and O–H groups in total. The molecular formula is C23H31N5O2. The molecule has 2 aromatic heterocycles. The molecule has 7 nitrogen and oxygen atoms in total. The maximum Gasteiger partial charge on any atom is 0.195 e. The van der Waals surface area contributed by atoms with Crippen LogP contribution in [0.3, 0.4) is 0 Å². The van der Waals surface area contributed by atoms with E-state index in [-0.39, 0.29) is 6.10 Å². The highest BCUT2D eigenvalue weighted by molar-refractivity contribution is 5.93. The summed E-state index contributed by atoms with van der Waals surface area (Å²) in [6.45, 7) is 8.45. The van der Waals surface area contributed by atoms with Gasteiger partial charge in [-0.1, -0.05) is 6.92 Å². The number of nitrogens with one attached hydrogen (secondary N) is 2. The molecule has 0 fully saturated rings. The zero-order valence-corrected chi connectivity index (χ0v) is 17.9. The highest BCUT2D eigenvalue weighted by atomic mass is 16.5. The molecule has 0 radical (unpaired) electrons. The fraction of sp³-hybridized carbons (Fsp3) is 0.391. The van der Waals surface area contributed by atoms with E-state index in [0.717, 1.165) is 42.7 Å². The molecule has 0 amide bonds. The number of nitrogens with zero attached hydrogens (tertiary/aromatic N) is 3. The predicted octanol–water partition coefficient (Wildman–Crippen LogP) is 4.20. The Kier molecular flexibility index (Phi) is 7.94. The monoisotopic (exact) mass is 409 g/mol. The van der Waals surface area contributed by atoms with Crippen LogP contribution < -0.4 is 15.4 Å². The number of ether oxygens (including phenoxy) is 1. The van der Waals surface area contributed by atoms with Crippen LogP contribution in [0.5, 0.6) is 5.75 Å². The first-order valence-corrected chi connectivity index (χ1v) is 10.4. The molecule has 1 unspecified atom stereocenters. The molecule has 1 aromatic carbocycles. The number of hydrogen-bond donors (Lipinski definition) is 2. The summed E-state index contributed by atoms with van der Waals surface area (Å²) in [4.78, 5) is 4.78. The number of hydrogen-bond acceptors (Lipinski definition) is 4. The van der Waals surface area contributed by atoms with Crippen molar-refractivity contribution in [1.82, 2.24) is 15.1 Å². The van der Waals surface area contributed by atoms with E-state index in [9.17, 15) is 0 Å². The number of aromatic nitrogens is 2. The Balaban J connectivity index is 1.59. The van der Waals surface area contributed by atoms with Gasteiger partial charge in [-0.05, 0) is 62.2 Å². The van der Waals surface area contributed by atoms with Crippen LogP contribution in [0.4, 0.5) is 5.69 Å². The van der Waals surface area contributed by atoms with Crippen LogP contribution in [0.2, 0.25) is 0 Å². The smallest absolute Gasteiger partial charge is 0.195 e. The third-order valence-electron chi connectivity index (χ3n) is 4.35. The summed E-state index contributed by atoms with van der Waals surface area (Å²) in [6.07, 6.45) is 6.41.